The van der Waals surface area contributed by atoms with E-state index in [0.717, 1.165) is 96.0 Å². The molecule has 0 aliphatic carbocycles. The molecule has 2 aromatic carbocycles. The Labute approximate surface area is 321 Å². The molecule has 292 valence electrons. The fourth-order valence-corrected chi connectivity index (χ4v) is 10.6. The fourth-order valence-electron chi connectivity index (χ4n) is 8.61. The number of anilines is 1. The Morgan fingerprint density at radius 3 is 1.96 bits per heavy atom. The number of ether oxygens (including phenoxy) is 1. The number of nitrogens with zero attached hydrogens (tertiary/aromatic N) is 4. The number of pyridine rings is 1. The van der Waals surface area contributed by atoms with Gasteiger partial charge in [0.1, 0.15) is 16.9 Å². The molecule has 0 saturated carbocycles. The number of sulfone groups is 1. The highest BCUT2D eigenvalue weighted by Gasteiger charge is 2.34. The molecule has 1 unspecified atom stereocenters. The Bertz CT molecular complexity index is 1680. The van der Waals surface area contributed by atoms with Crippen molar-refractivity contribution >= 4 is 37.6 Å². The van der Waals surface area contributed by atoms with Crippen molar-refractivity contribution in [3.05, 3.63) is 48.7 Å². The number of hydrogen-bond donors (Lipinski definition) is 1. The maximum Gasteiger partial charge on any atom is 0.210 e. The quantitative estimate of drug-likeness (QED) is 0.110. The van der Waals surface area contributed by atoms with E-state index in [0.29, 0.717) is 40.5 Å². The van der Waals surface area contributed by atoms with Gasteiger partial charge in [0.25, 0.3) is 0 Å². The van der Waals surface area contributed by atoms with Crippen molar-refractivity contribution in [3.63, 3.8) is 0 Å². The molecule has 3 aliphatic heterocycles. The average Bonchev–Trinajstić information content (AvgIpc) is 3.18. The minimum Gasteiger partial charge on any atom is -0.612 e. The molecule has 0 spiro atoms. The van der Waals surface area contributed by atoms with Crippen molar-refractivity contribution in [2.45, 2.75) is 136 Å². The van der Waals surface area contributed by atoms with E-state index in [-0.39, 0.29) is 15.9 Å². The topological polar surface area (TPSA) is 109 Å². The molecule has 0 amide bonds. The van der Waals surface area contributed by atoms with Crippen molar-refractivity contribution in [1.82, 2.24) is 14.8 Å². The molecule has 53 heavy (non-hydrogen) atoms. The van der Waals surface area contributed by atoms with Crippen molar-refractivity contribution < 1.29 is 22.8 Å². The minimum absolute atomic E-state index is 0.139. The molecule has 3 aromatic rings. The molecule has 11 heteroatoms. The van der Waals surface area contributed by atoms with Crippen LogP contribution in [-0.2, 0) is 21.0 Å². The Morgan fingerprint density at radius 2 is 1.36 bits per heavy atom. The molecule has 9 nitrogen and oxygen atoms in total. The van der Waals surface area contributed by atoms with Gasteiger partial charge < -0.3 is 29.1 Å². The maximum absolute atomic E-state index is 14.4. The van der Waals surface area contributed by atoms with Crippen LogP contribution in [0.3, 0.4) is 0 Å². The van der Waals surface area contributed by atoms with Crippen molar-refractivity contribution in [2.24, 2.45) is 0 Å². The van der Waals surface area contributed by atoms with Crippen molar-refractivity contribution in [1.29, 1.82) is 0 Å². The molecular weight excluding hydrogens is 705 g/mol. The van der Waals surface area contributed by atoms with E-state index < -0.39 is 21.0 Å². The van der Waals surface area contributed by atoms with Crippen LogP contribution in [0.2, 0.25) is 0 Å². The number of aliphatic hydroxyl groups excluding tert-OH is 1. The van der Waals surface area contributed by atoms with Crippen LogP contribution in [0, 0.1) is 0 Å². The molecule has 0 bridgehead atoms. The molecule has 1 aromatic heterocycles. The summed E-state index contributed by atoms with van der Waals surface area (Å²) in [4.78, 5) is 13.1. The summed E-state index contributed by atoms with van der Waals surface area (Å²) in [6, 6.07) is 13.4. The molecule has 1 atom stereocenters. The van der Waals surface area contributed by atoms with Crippen LogP contribution in [0.4, 0.5) is 5.69 Å². The Kier molecular flexibility index (Phi) is 14.8. The number of piperidine rings is 3. The number of hydrogen-bond acceptors (Lipinski definition) is 9. The molecule has 0 radical (unpaired) electrons. The second-order valence-corrected chi connectivity index (χ2v) is 18.8. The lowest BCUT2D eigenvalue weighted by Gasteiger charge is -2.45. The van der Waals surface area contributed by atoms with Crippen LogP contribution in [0.25, 0.3) is 10.9 Å². The van der Waals surface area contributed by atoms with Gasteiger partial charge in [0, 0.05) is 55.9 Å². The predicted octanol–water partition coefficient (Wildman–Crippen LogP) is 7.60. The van der Waals surface area contributed by atoms with Crippen LogP contribution in [0.5, 0.6) is 5.75 Å². The van der Waals surface area contributed by atoms with E-state index in [1.807, 2.05) is 18.2 Å². The van der Waals surface area contributed by atoms with E-state index >= 15 is 0 Å². The van der Waals surface area contributed by atoms with Gasteiger partial charge in [-0.25, -0.2) is 8.42 Å². The fraction of sp³-hybridized carbons (Fsp3) is 0.643. The standard InChI is InChI=1S/C42H62N4O5S2/c1-3-4-5-6-7-8-9-10-11-30-51-36-12-15-38(16-13-36)53(49,50)41-32-43-40-17-14-37(52(2)48)31-39(40)42(41)46-26-20-34(21-27-46)44-24-18-33(19-25-44)45-28-22-35(47)23-29-45/h12-17,31-35,47H,3-11,18-30H2,1-2H3. The van der Waals surface area contributed by atoms with Crippen LogP contribution < -0.4 is 9.64 Å². The van der Waals surface area contributed by atoms with E-state index in [1.165, 1.54) is 51.1 Å². The van der Waals surface area contributed by atoms with Gasteiger partial charge in [-0.3, -0.25) is 4.98 Å². The van der Waals surface area contributed by atoms with Gasteiger partial charge in [-0.15, -0.1) is 0 Å². The van der Waals surface area contributed by atoms with Crippen LogP contribution in [0.1, 0.15) is 103 Å². The van der Waals surface area contributed by atoms with Gasteiger partial charge >= 0.3 is 0 Å². The van der Waals surface area contributed by atoms with Gasteiger partial charge in [-0.2, -0.15) is 0 Å². The highest BCUT2D eigenvalue weighted by Crippen LogP contribution is 2.39. The highest BCUT2D eigenvalue weighted by atomic mass is 32.2. The first-order chi connectivity index (χ1) is 25.7. The number of aromatic nitrogens is 1. The molecule has 3 fully saturated rings. The zero-order chi connectivity index (χ0) is 37.2. The number of fused-ring (bicyclic) bond motifs is 1. The lowest BCUT2D eigenvalue weighted by molar-refractivity contribution is 0.0289. The lowest BCUT2D eigenvalue weighted by atomic mass is 9.95. The summed E-state index contributed by atoms with van der Waals surface area (Å²) < 4.78 is 47.4. The number of unbranched alkanes of at least 4 members (excludes halogenated alkanes) is 8. The molecule has 4 heterocycles. The van der Waals surface area contributed by atoms with Crippen molar-refractivity contribution in [3.8, 4) is 5.75 Å². The Balaban J connectivity index is 1.11. The maximum atomic E-state index is 14.4. The van der Waals surface area contributed by atoms with E-state index in [2.05, 4.69) is 26.6 Å². The van der Waals surface area contributed by atoms with Crippen molar-refractivity contribution in [2.75, 3.05) is 57.0 Å². The Morgan fingerprint density at radius 1 is 0.792 bits per heavy atom. The third-order valence-electron chi connectivity index (χ3n) is 11.9. The second kappa shape index (κ2) is 19.4. The summed E-state index contributed by atoms with van der Waals surface area (Å²) >= 11 is -1.22. The number of benzene rings is 2. The zero-order valence-electron chi connectivity index (χ0n) is 32.1. The first-order valence-corrected chi connectivity index (χ1v) is 23.4. The summed E-state index contributed by atoms with van der Waals surface area (Å²) in [5, 5.41) is 10.7. The van der Waals surface area contributed by atoms with Gasteiger partial charge in [-0.1, -0.05) is 58.3 Å². The summed E-state index contributed by atoms with van der Waals surface area (Å²) in [5.41, 5.74) is 1.36. The van der Waals surface area contributed by atoms with Crippen LogP contribution in [-0.4, -0.2) is 103 Å². The van der Waals surface area contributed by atoms with Crippen LogP contribution >= 0.6 is 0 Å². The van der Waals surface area contributed by atoms with E-state index in [9.17, 15) is 18.1 Å². The largest absolute Gasteiger partial charge is 0.612 e. The number of likely N-dealkylation sites (tertiary alicyclic amines) is 2. The smallest absolute Gasteiger partial charge is 0.210 e. The summed E-state index contributed by atoms with van der Waals surface area (Å²) in [6.07, 6.45) is 20.3. The molecule has 3 aliphatic rings. The third kappa shape index (κ3) is 10.5. The monoisotopic (exact) mass is 766 g/mol. The van der Waals surface area contributed by atoms with Gasteiger partial charge in [0.15, 0.2) is 4.90 Å². The summed E-state index contributed by atoms with van der Waals surface area (Å²) in [7, 11) is -3.93. The zero-order valence-corrected chi connectivity index (χ0v) is 33.7. The third-order valence-corrected chi connectivity index (χ3v) is 14.5. The predicted molar refractivity (Wildman–Crippen MR) is 215 cm³/mol. The minimum atomic E-state index is -3.93. The summed E-state index contributed by atoms with van der Waals surface area (Å²) in [5.74, 6) is 0.677. The van der Waals surface area contributed by atoms with E-state index in [4.69, 9.17) is 4.74 Å². The Hall–Kier alpha value is -2.41. The van der Waals surface area contributed by atoms with Gasteiger partial charge in [0.2, 0.25) is 9.84 Å². The first kappa shape index (κ1) is 40.3. The van der Waals surface area contributed by atoms with E-state index in [1.54, 1.807) is 30.5 Å². The molecule has 3 saturated heterocycles. The number of aliphatic hydroxyl groups is 1. The van der Waals surface area contributed by atoms with Gasteiger partial charge in [-0.05, 0) is 106 Å². The molecule has 6 rings (SSSR count). The highest BCUT2D eigenvalue weighted by molar-refractivity contribution is 7.91. The molecular formula is C42H62N4O5S2. The summed E-state index contributed by atoms with van der Waals surface area (Å²) in [6.45, 7) is 8.51. The second-order valence-electron chi connectivity index (χ2n) is 15.5. The first-order valence-electron chi connectivity index (χ1n) is 20.4. The lowest BCUT2D eigenvalue weighted by Crippen LogP contribution is -2.52. The molecule has 1 N–H and O–H groups in total. The SMILES string of the molecule is CCCCCCCCCCCOc1ccc(S(=O)(=O)c2cnc3ccc([S+](C)[O-])cc3c2N2CCC(N3CCC(N4CCC(O)CC4)CC3)CC2)cc1. The average molecular weight is 767 g/mol. The number of rotatable bonds is 17. The normalized spacial score (nSPS) is 19.6. The van der Waals surface area contributed by atoms with Crippen LogP contribution in [0.15, 0.2) is 63.3 Å². The van der Waals surface area contributed by atoms with Gasteiger partial charge in [0.05, 0.1) is 28.8 Å².